The second-order valence-corrected chi connectivity index (χ2v) is 15.1. The summed E-state index contributed by atoms with van der Waals surface area (Å²) in [6, 6.07) is 1.98. The molecule has 0 bridgehead atoms. The molecule has 0 aliphatic rings. The largest absolute Gasteiger partial charge is 0.397 e. The summed E-state index contributed by atoms with van der Waals surface area (Å²) in [6.45, 7) is 10.9. The third kappa shape index (κ3) is 11.6. The molecule has 0 aromatic carbocycles. The fourth-order valence-corrected chi connectivity index (χ4v) is 5.73. The van der Waals surface area contributed by atoms with E-state index >= 15 is 0 Å². The van der Waals surface area contributed by atoms with Crippen LogP contribution < -0.4 is 0 Å². The first-order valence-electron chi connectivity index (χ1n) is 5.82. The van der Waals surface area contributed by atoms with Gasteiger partial charge in [0.2, 0.25) is 0 Å². The van der Waals surface area contributed by atoms with E-state index in [4.69, 9.17) is 32.1 Å². The van der Waals surface area contributed by atoms with Gasteiger partial charge in [-0.05, 0) is 44.8 Å². The Morgan fingerprint density at radius 1 is 1.19 bits per heavy atom. The van der Waals surface area contributed by atoms with Gasteiger partial charge in [-0.3, -0.25) is 0 Å². The van der Waals surface area contributed by atoms with Gasteiger partial charge >= 0.3 is 0 Å². The van der Waals surface area contributed by atoms with Gasteiger partial charge in [-0.2, -0.15) is 0 Å². The van der Waals surface area contributed by atoms with E-state index in [9.17, 15) is 0 Å². The smallest absolute Gasteiger partial charge is 0.187 e. The van der Waals surface area contributed by atoms with Crippen LogP contribution in [0.15, 0.2) is 0 Å². The minimum absolute atomic E-state index is 0.0112. The van der Waals surface area contributed by atoms with Crippen molar-refractivity contribution >= 4 is 50.1 Å². The molecule has 2 nitrogen and oxygen atoms in total. The van der Waals surface area contributed by atoms with Gasteiger partial charge in [0.05, 0.1) is 0 Å². The first-order valence-corrected chi connectivity index (χ1v) is 14.9. The van der Waals surface area contributed by atoms with Crippen molar-refractivity contribution in [3.63, 3.8) is 0 Å². The predicted octanol–water partition coefficient (Wildman–Crippen LogP) is 2.97. The van der Waals surface area contributed by atoms with Gasteiger partial charge in [-0.15, -0.1) is 23.2 Å². The lowest BCUT2D eigenvalue weighted by molar-refractivity contribution is 0.0146. The first-order chi connectivity index (χ1) is 7.20. The minimum atomic E-state index is -1.51. The monoisotopic (exact) mass is 318 g/mol. The van der Waals surface area contributed by atoms with Crippen molar-refractivity contribution in [2.45, 2.75) is 55.9 Å². The lowest BCUT2D eigenvalue weighted by Crippen LogP contribution is -2.36. The van der Waals surface area contributed by atoms with Crippen molar-refractivity contribution in [1.82, 2.24) is 0 Å². The topological polar surface area (TPSA) is 18.5 Å². The second-order valence-electron chi connectivity index (χ2n) is 5.17. The molecular formula is C9H24Cl2O2Si3. The van der Waals surface area contributed by atoms with E-state index in [1.54, 1.807) is 0 Å². The molecular weight excluding hydrogens is 295 g/mol. The Bertz CT molecular complexity index is 186. The zero-order chi connectivity index (χ0) is 12.8. The van der Waals surface area contributed by atoms with E-state index in [1.165, 1.54) is 0 Å². The van der Waals surface area contributed by atoms with Crippen molar-refractivity contribution in [3.8, 4) is 0 Å². The molecule has 0 N–H and O–H groups in total. The van der Waals surface area contributed by atoms with Crippen LogP contribution in [0.4, 0.5) is 0 Å². The Labute approximate surface area is 115 Å². The highest BCUT2D eigenvalue weighted by molar-refractivity contribution is 6.69. The van der Waals surface area contributed by atoms with Crippen LogP contribution in [0.3, 0.4) is 0 Å². The number of halogens is 2. The first kappa shape index (κ1) is 17.2. The predicted molar refractivity (Wildman–Crippen MR) is 81.8 cm³/mol. The lowest BCUT2D eigenvalue weighted by atomic mass is 10.8. The van der Waals surface area contributed by atoms with Crippen LogP contribution in [0.1, 0.15) is 0 Å². The highest BCUT2D eigenvalue weighted by Gasteiger charge is 2.22. The van der Waals surface area contributed by atoms with Gasteiger partial charge in [-0.1, -0.05) is 0 Å². The molecule has 0 rings (SSSR count). The van der Waals surface area contributed by atoms with Crippen molar-refractivity contribution in [1.29, 1.82) is 0 Å². The van der Waals surface area contributed by atoms with E-state index in [-0.39, 0.29) is 20.6 Å². The number of hydrogen-bond acceptors (Lipinski definition) is 2. The Morgan fingerprint density at radius 2 is 1.75 bits per heavy atom. The summed E-state index contributed by atoms with van der Waals surface area (Å²) < 4.78 is 11.9. The van der Waals surface area contributed by atoms with Crippen molar-refractivity contribution in [2.24, 2.45) is 0 Å². The molecule has 0 heterocycles. The van der Waals surface area contributed by atoms with E-state index in [0.29, 0.717) is 0 Å². The molecule has 1 unspecified atom stereocenters. The van der Waals surface area contributed by atoms with E-state index < -0.39 is 17.4 Å². The number of hydrogen-bond donors (Lipinski definition) is 0. The Hall–Kier alpha value is 1.15. The minimum Gasteiger partial charge on any atom is -0.397 e. The summed E-state index contributed by atoms with van der Waals surface area (Å²) in [7, 11) is -2.81. The van der Waals surface area contributed by atoms with Crippen LogP contribution >= 0.6 is 23.2 Å². The molecule has 0 spiro atoms. The molecule has 0 saturated heterocycles. The molecule has 1 atom stereocenters. The summed E-state index contributed by atoms with van der Waals surface area (Å²) in [5.74, 6) is 0. The van der Waals surface area contributed by atoms with Gasteiger partial charge in [0.1, 0.15) is 11.1 Å². The molecule has 0 aromatic heterocycles. The number of rotatable bonds is 8. The fourth-order valence-electron chi connectivity index (χ4n) is 1.29. The normalized spacial score (nSPS) is 15.6. The number of alkyl halides is 2. The highest BCUT2D eigenvalue weighted by Crippen LogP contribution is 2.15. The SMILES string of the molecule is C[SiH](C)OC(C[SiH2]CC(Cl)Cl)O[Si](C)(C)C. The summed E-state index contributed by atoms with van der Waals surface area (Å²) in [6.07, 6.45) is 0.0112. The average molecular weight is 319 g/mol. The summed E-state index contributed by atoms with van der Waals surface area (Å²) >= 11 is 11.5. The second kappa shape index (κ2) is 8.29. The van der Waals surface area contributed by atoms with Gasteiger partial charge < -0.3 is 8.85 Å². The maximum atomic E-state index is 6.03. The van der Waals surface area contributed by atoms with Crippen LogP contribution in [-0.2, 0) is 8.85 Å². The third-order valence-electron chi connectivity index (χ3n) is 1.77. The summed E-state index contributed by atoms with van der Waals surface area (Å²) in [5, 5.41) is 0. The maximum Gasteiger partial charge on any atom is 0.187 e. The van der Waals surface area contributed by atoms with Crippen LogP contribution in [0.5, 0.6) is 0 Å². The third-order valence-corrected chi connectivity index (χ3v) is 6.62. The molecule has 0 saturated carbocycles. The Morgan fingerprint density at radius 3 is 2.12 bits per heavy atom. The summed E-state index contributed by atoms with van der Waals surface area (Å²) in [4.78, 5) is -0.213. The molecule has 0 radical (unpaired) electrons. The molecule has 0 aromatic rings. The van der Waals surface area contributed by atoms with Crippen LogP contribution in [-0.4, -0.2) is 38.0 Å². The van der Waals surface area contributed by atoms with Crippen LogP contribution in [0.2, 0.25) is 44.8 Å². The zero-order valence-corrected chi connectivity index (χ0v) is 16.0. The van der Waals surface area contributed by atoms with E-state index in [2.05, 4.69) is 32.7 Å². The highest BCUT2D eigenvalue weighted by atomic mass is 35.5. The van der Waals surface area contributed by atoms with Crippen LogP contribution in [0.25, 0.3) is 0 Å². The van der Waals surface area contributed by atoms with Crippen LogP contribution in [0, 0.1) is 0 Å². The summed E-state index contributed by atoms with van der Waals surface area (Å²) in [5.41, 5.74) is 0. The van der Waals surface area contributed by atoms with Crippen molar-refractivity contribution in [3.05, 3.63) is 0 Å². The Kier molecular flexibility index (Phi) is 8.88. The Balaban J connectivity index is 4.01. The van der Waals surface area contributed by atoms with Gasteiger partial charge in [0.15, 0.2) is 17.4 Å². The van der Waals surface area contributed by atoms with E-state index in [0.717, 1.165) is 12.1 Å². The van der Waals surface area contributed by atoms with Crippen molar-refractivity contribution < 1.29 is 8.85 Å². The molecule has 98 valence electrons. The molecule has 16 heavy (non-hydrogen) atoms. The maximum absolute atomic E-state index is 6.03. The molecule has 0 fully saturated rings. The van der Waals surface area contributed by atoms with Gasteiger partial charge in [0.25, 0.3) is 0 Å². The standard InChI is InChI=1S/C9H24Cl2O2Si3/c1-15(2)12-9(13-16(3,4)5)7-14-6-8(10)11/h8-9,15H,6-7,14H2,1-5H3. The van der Waals surface area contributed by atoms with E-state index in [1.807, 2.05) is 0 Å². The average Bonchev–Trinajstić information content (AvgIpc) is 1.98. The molecule has 0 aliphatic carbocycles. The zero-order valence-electron chi connectivity index (χ0n) is 10.9. The molecule has 7 heteroatoms. The molecule has 0 amide bonds. The van der Waals surface area contributed by atoms with Crippen molar-refractivity contribution in [2.75, 3.05) is 0 Å². The van der Waals surface area contributed by atoms with Gasteiger partial charge in [-0.25, -0.2) is 0 Å². The van der Waals surface area contributed by atoms with Gasteiger partial charge in [0, 0.05) is 9.52 Å². The quantitative estimate of drug-likeness (QED) is 0.389. The fraction of sp³-hybridized carbons (Fsp3) is 1.00. The molecule has 0 aliphatic heterocycles. The lowest BCUT2D eigenvalue weighted by Gasteiger charge is -2.28.